The number of benzene rings is 1. The van der Waals surface area contributed by atoms with Gasteiger partial charge in [-0.25, -0.2) is 0 Å². The van der Waals surface area contributed by atoms with Crippen LogP contribution in [-0.2, 0) is 0 Å². The lowest BCUT2D eigenvalue weighted by atomic mass is 10.2. The molecule has 3 heteroatoms. The second-order valence-electron chi connectivity index (χ2n) is 2.62. The molecule has 14 heavy (non-hydrogen) atoms. The first kappa shape index (κ1) is 10.1. The summed E-state index contributed by atoms with van der Waals surface area (Å²) in [5.74, 6) is 0.550. The minimum atomic E-state index is 0.112. The molecule has 3 nitrogen and oxygen atoms in total. The predicted molar refractivity (Wildman–Crippen MR) is 53.9 cm³/mol. The van der Waals surface area contributed by atoms with Crippen molar-refractivity contribution in [3.8, 4) is 17.6 Å². The van der Waals surface area contributed by atoms with Crippen LogP contribution in [0.15, 0.2) is 24.3 Å². The van der Waals surface area contributed by atoms with Crippen molar-refractivity contribution < 1.29 is 9.84 Å². The van der Waals surface area contributed by atoms with Gasteiger partial charge in [-0.3, -0.25) is 0 Å². The summed E-state index contributed by atoms with van der Waals surface area (Å²) >= 11 is 0. The van der Waals surface area contributed by atoms with Crippen molar-refractivity contribution in [1.29, 1.82) is 5.26 Å². The Morgan fingerprint density at radius 3 is 3.00 bits per heavy atom. The predicted octanol–water partition coefficient (Wildman–Crippen LogP) is 2.33. The summed E-state index contributed by atoms with van der Waals surface area (Å²) in [5, 5.41) is 17.7. The highest BCUT2D eigenvalue weighted by Crippen LogP contribution is 2.27. The van der Waals surface area contributed by atoms with E-state index in [9.17, 15) is 5.11 Å². The molecule has 1 aromatic carbocycles. The number of hydrogen-bond acceptors (Lipinski definition) is 3. The molecule has 0 saturated carbocycles. The summed E-state index contributed by atoms with van der Waals surface area (Å²) in [6, 6.07) is 6.84. The van der Waals surface area contributed by atoms with E-state index in [2.05, 4.69) is 0 Å². The minimum absolute atomic E-state index is 0.112. The Bertz CT molecular complexity index is 377. The van der Waals surface area contributed by atoms with Crippen molar-refractivity contribution >= 4 is 6.08 Å². The van der Waals surface area contributed by atoms with Gasteiger partial charge < -0.3 is 9.84 Å². The zero-order chi connectivity index (χ0) is 10.4. The third-order valence-corrected chi connectivity index (χ3v) is 1.63. The Hall–Kier alpha value is -1.95. The van der Waals surface area contributed by atoms with Crippen LogP contribution in [0, 0.1) is 11.3 Å². The second-order valence-corrected chi connectivity index (χ2v) is 2.62. The molecule has 0 bridgehead atoms. The largest absolute Gasteiger partial charge is 0.504 e. The van der Waals surface area contributed by atoms with Gasteiger partial charge in [-0.2, -0.15) is 5.26 Å². The van der Waals surface area contributed by atoms with E-state index in [-0.39, 0.29) is 5.75 Å². The molecule has 1 N–H and O–H groups in total. The summed E-state index contributed by atoms with van der Waals surface area (Å²) in [4.78, 5) is 0. The highest BCUT2D eigenvalue weighted by atomic mass is 16.5. The van der Waals surface area contributed by atoms with Crippen LogP contribution in [0.3, 0.4) is 0 Å². The Morgan fingerprint density at radius 2 is 2.36 bits per heavy atom. The molecule has 1 rings (SSSR count). The SMILES string of the molecule is CCOc1cc(C=CC#N)ccc1O. The van der Waals surface area contributed by atoms with E-state index in [0.717, 1.165) is 5.56 Å². The molecule has 0 atom stereocenters. The molecule has 0 spiro atoms. The summed E-state index contributed by atoms with van der Waals surface area (Å²) in [6.07, 6.45) is 3.03. The van der Waals surface area contributed by atoms with Crippen LogP contribution in [0.2, 0.25) is 0 Å². The van der Waals surface area contributed by atoms with Crippen molar-refractivity contribution in [2.45, 2.75) is 6.92 Å². The number of phenols is 1. The summed E-state index contributed by atoms with van der Waals surface area (Å²) in [5.41, 5.74) is 0.827. The third kappa shape index (κ3) is 2.53. The molecule has 1 aromatic rings. The van der Waals surface area contributed by atoms with E-state index in [0.29, 0.717) is 12.4 Å². The fourth-order valence-electron chi connectivity index (χ4n) is 1.04. The van der Waals surface area contributed by atoms with Gasteiger partial charge in [0.05, 0.1) is 12.7 Å². The highest BCUT2D eigenvalue weighted by Gasteiger charge is 2.00. The average Bonchev–Trinajstić information content (AvgIpc) is 2.19. The van der Waals surface area contributed by atoms with Crippen LogP contribution < -0.4 is 4.74 Å². The lowest BCUT2D eigenvalue weighted by Crippen LogP contribution is -1.91. The fourth-order valence-corrected chi connectivity index (χ4v) is 1.04. The van der Waals surface area contributed by atoms with Crippen molar-refractivity contribution in [3.05, 3.63) is 29.8 Å². The number of rotatable bonds is 3. The van der Waals surface area contributed by atoms with Gasteiger partial charge in [0.25, 0.3) is 0 Å². The van der Waals surface area contributed by atoms with E-state index >= 15 is 0 Å². The van der Waals surface area contributed by atoms with Crippen molar-refractivity contribution in [1.82, 2.24) is 0 Å². The molecule has 0 radical (unpaired) electrons. The van der Waals surface area contributed by atoms with Crippen LogP contribution >= 0.6 is 0 Å². The van der Waals surface area contributed by atoms with Crippen LogP contribution in [0.25, 0.3) is 6.08 Å². The number of nitriles is 1. The molecule has 72 valence electrons. The van der Waals surface area contributed by atoms with Gasteiger partial charge in [0, 0.05) is 6.08 Å². The molecule has 0 fully saturated rings. The van der Waals surface area contributed by atoms with E-state index < -0.39 is 0 Å². The summed E-state index contributed by atoms with van der Waals surface area (Å²) < 4.78 is 5.19. The van der Waals surface area contributed by atoms with Crippen LogP contribution in [0.1, 0.15) is 12.5 Å². The second kappa shape index (κ2) is 4.93. The number of ether oxygens (including phenoxy) is 1. The van der Waals surface area contributed by atoms with E-state index in [4.69, 9.17) is 10.00 Å². The highest BCUT2D eigenvalue weighted by molar-refractivity contribution is 5.56. The molecule has 0 unspecified atom stereocenters. The Kier molecular flexibility index (Phi) is 3.57. The lowest BCUT2D eigenvalue weighted by Gasteiger charge is -2.05. The number of allylic oxidation sites excluding steroid dienone is 1. The lowest BCUT2D eigenvalue weighted by molar-refractivity contribution is 0.318. The number of aromatic hydroxyl groups is 1. The van der Waals surface area contributed by atoms with Crippen molar-refractivity contribution in [2.24, 2.45) is 0 Å². The summed E-state index contributed by atoms with van der Waals surface area (Å²) in [6.45, 7) is 2.34. The molecule has 0 amide bonds. The van der Waals surface area contributed by atoms with E-state index in [1.807, 2.05) is 13.0 Å². The standard InChI is InChI=1S/C11H11NO2/c1-2-14-11-8-9(4-3-7-12)5-6-10(11)13/h3-6,8,13H,2H2,1H3. The van der Waals surface area contributed by atoms with Gasteiger partial charge >= 0.3 is 0 Å². The van der Waals surface area contributed by atoms with Gasteiger partial charge in [0.2, 0.25) is 0 Å². The van der Waals surface area contributed by atoms with Gasteiger partial charge in [-0.05, 0) is 30.7 Å². The normalized spacial score (nSPS) is 10.0. The maximum atomic E-state index is 9.38. The smallest absolute Gasteiger partial charge is 0.161 e. The molecule has 0 saturated heterocycles. The Labute approximate surface area is 82.9 Å². The Balaban J connectivity index is 2.95. The zero-order valence-corrected chi connectivity index (χ0v) is 7.90. The maximum Gasteiger partial charge on any atom is 0.161 e. The first-order valence-corrected chi connectivity index (χ1v) is 4.30. The quantitative estimate of drug-likeness (QED) is 0.742. The molecule has 0 aliphatic carbocycles. The number of nitrogens with zero attached hydrogens (tertiary/aromatic N) is 1. The van der Waals surface area contributed by atoms with Crippen LogP contribution in [-0.4, -0.2) is 11.7 Å². The zero-order valence-electron chi connectivity index (χ0n) is 7.90. The third-order valence-electron chi connectivity index (χ3n) is 1.63. The van der Waals surface area contributed by atoms with Gasteiger partial charge in [-0.15, -0.1) is 0 Å². The van der Waals surface area contributed by atoms with Crippen LogP contribution in [0.5, 0.6) is 11.5 Å². The van der Waals surface area contributed by atoms with E-state index in [1.54, 1.807) is 24.3 Å². The topological polar surface area (TPSA) is 53.2 Å². The molecule has 0 aliphatic heterocycles. The number of hydrogen-bond donors (Lipinski definition) is 1. The van der Waals surface area contributed by atoms with Crippen LogP contribution in [0.4, 0.5) is 0 Å². The molecule has 0 aliphatic rings. The molecular weight excluding hydrogens is 178 g/mol. The first-order valence-electron chi connectivity index (χ1n) is 4.30. The molecule has 0 aromatic heterocycles. The number of phenolic OH excluding ortho intramolecular Hbond substituents is 1. The minimum Gasteiger partial charge on any atom is -0.504 e. The summed E-state index contributed by atoms with van der Waals surface area (Å²) in [7, 11) is 0. The van der Waals surface area contributed by atoms with Gasteiger partial charge in [-0.1, -0.05) is 6.07 Å². The van der Waals surface area contributed by atoms with Gasteiger partial charge in [0.15, 0.2) is 11.5 Å². The van der Waals surface area contributed by atoms with Crippen molar-refractivity contribution in [2.75, 3.05) is 6.61 Å². The Morgan fingerprint density at radius 1 is 1.57 bits per heavy atom. The van der Waals surface area contributed by atoms with Crippen molar-refractivity contribution in [3.63, 3.8) is 0 Å². The van der Waals surface area contributed by atoms with Gasteiger partial charge in [0.1, 0.15) is 0 Å². The maximum absolute atomic E-state index is 9.38. The molecule has 0 heterocycles. The fraction of sp³-hybridized carbons (Fsp3) is 0.182. The average molecular weight is 189 g/mol. The first-order chi connectivity index (χ1) is 6.77. The molecular formula is C11H11NO2. The monoisotopic (exact) mass is 189 g/mol. The van der Waals surface area contributed by atoms with E-state index in [1.165, 1.54) is 6.08 Å².